The van der Waals surface area contributed by atoms with Crippen molar-refractivity contribution < 1.29 is 22.5 Å². The minimum Gasteiger partial charge on any atom is -0.471 e. The quantitative estimate of drug-likeness (QED) is 0.417. The highest BCUT2D eigenvalue weighted by Gasteiger charge is 2.17. The molecule has 0 saturated heterocycles. The van der Waals surface area contributed by atoms with Gasteiger partial charge in [0.2, 0.25) is 11.7 Å². The largest absolute Gasteiger partial charge is 0.471 e. The van der Waals surface area contributed by atoms with Crippen LogP contribution in [0, 0.1) is 0 Å². The van der Waals surface area contributed by atoms with E-state index in [1.807, 2.05) is 30.3 Å². The monoisotopic (exact) mass is 451 g/mol. The number of nitrogens with one attached hydrogen (secondary N) is 2. The van der Waals surface area contributed by atoms with E-state index < -0.39 is 15.9 Å². The molecule has 4 rings (SSSR count). The van der Waals surface area contributed by atoms with E-state index in [0.29, 0.717) is 5.69 Å². The van der Waals surface area contributed by atoms with E-state index in [1.165, 1.54) is 42.7 Å². The Bertz CT molecular complexity index is 1290. The fourth-order valence-electron chi connectivity index (χ4n) is 2.61. The maximum atomic E-state index is 12.4. The molecule has 0 radical (unpaired) electrons. The molecule has 4 aromatic rings. The fraction of sp³-hybridized carbons (Fsp3) is 0.0476. The van der Waals surface area contributed by atoms with E-state index >= 15 is 0 Å². The molecule has 2 aromatic carbocycles. The summed E-state index contributed by atoms with van der Waals surface area (Å²) in [6, 6.07) is 18.0. The third-order valence-corrected chi connectivity index (χ3v) is 5.50. The summed E-state index contributed by atoms with van der Waals surface area (Å²) in [6.45, 7) is 0.284. The molecule has 32 heavy (non-hydrogen) atoms. The van der Waals surface area contributed by atoms with Crippen molar-refractivity contribution in [2.24, 2.45) is 0 Å². The fourth-order valence-corrected chi connectivity index (χ4v) is 3.56. The number of hydrogen-bond acceptors (Lipinski definition) is 8. The Morgan fingerprint density at radius 1 is 0.969 bits per heavy atom. The van der Waals surface area contributed by atoms with E-state index in [1.54, 1.807) is 6.07 Å². The number of rotatable bonds is 8. The number of carbonyl (C=O) groups is 1. The molecule has 1 amide bonds. The predicted octanol–water partition coefficient (Wildman–Crippen LogP) is 3.10. The van der Waals surface area contributed by atoms with Gasteiger partial charge >= 0.3 is 0 Å². The van der Waals surface area contributed by atoms with Crippen molar-refractivity contribution in [1.82, 2.24) is 15.1 Å². The zero-order chi connectivity index (χ0) is 22.4. The van der Waals surface area contributed by atoms with Crippen molar-refractivity contribution in [1.29, 1.82) is 0 Å². The summed E-state index contributed by atoms with van der Waals surface area (Å²) in [5.74, 6) is -0.471. The predicted molar refractivity (Wildman–Crippen MR) is 115 cm³/mol. The van der Waals surface area contributed by atoms with Crippen LogP contribution in [0.2, 0.25) is 0 Å². The lowest BCUT2D eigenvalue weighted by molar-refractivity contribution is 0.0987. The first-order valence-corrected chi connectivity index (χ1v) is 10.8. The Hall–Kier alpha value is -4.25. The number of ether oxygens (including phenoxy) is 1. The minimum absolute atomic E-state index is 0.0146. The van der Waals surface area contributed by atoms with E-state index in [4.69, 9.17) is 9.26 Å². The van der Waals surface area contributed by atoms with Gasteiger partial charge in [-0.1, -0.05) is 30.3 Å². The number of hydrogen-bond donors (Lipinski definition) is 2. The first kappa shape index (κ1) is 21.0. The number of anilines is 2. The highest BCUT2D eigenvalue weighted by atomic mass is 32.2. The average Bonchev–Trinajstić information content (AvgIpc) is 3.28. The lowest BCUT2D eigenvalue weighted by Crippen LogP contribution is -2.15. The normalized spacial score (nSPS) is 11.0. The second kappa shape index (κ2) is 9.27. The first-order valence-electron chi connectivity index (χ1n) is 9.34. The van der Waals surface area contributed by atoms with Gasteiger partial charge in [-0.05, 0) is 41.1 Å². The van der Waals surface area contributed by atoms with Crippen molar-refractivity contribution in [3.63, 3.8) is 0 Å². The summed E-state index contributed by atoms with van der Waals surface area (Å²) in [5.41, 5.74) is 1.32. The van der Waals surface area contributed by atoms with Crippen LogP contribution >= 0.6 is 0 Å². The molecule has 10 nitrogen and oxygen atoms in total. The smallest absolute Gasteiger partial charge is 0.294 e. The van der Waals surface area contributed by atoms with Crippen LogP contribution in [-0.4, -0.2) is 29.4 Å². The molecule has 162 valence electrons. The van der Waals surface area contributed by atoms with Gasteiger partial charge in [0.1, 0.15) is 6.61 Å². The summed E-state index contributed by atoms with van der Waals surface area (Å²) >= 11 is 0. The van der Waals surface area contributed by atoms with Crippen molar-refractivity contribution in [2.75, 3.05) is 10.0 Å². The molecule has 0 atom stereocenters. The average molecular weight is 451 g/mol. The lowest BCUT2D eigenvalue weighted by atomic mass is 10.2. The number of nitrogens with zero attached hydrogens (tertiary/aromatic N) is 3. The van der Waals surface area contributed by atoms with Crippen LogP contribution in [0.15, 0.2) is 88.5 Å². The van der Waals surface area contributed by atoms with Gasteiger partial charge < -0.3 is 14.6 Å². The summed E-state index contributed by atoms with van der Waals surface area (Å²) in [5, 5.41) is 6.33. The third-order valence-electron chi connectivity index (χ3n) is 4.16. The Morgan fingerprint density at radius 2 is 1.69 bits per heavy atom. The number of sulfonamides is 1. The van der Waals surface area contributed by atoms with E-state index in [9.17, 15) is 13.2 Å². The Morgan fingerprint density at radius 3 is 2.41 bits per heavy atom. The molecular formula is C21H17N5O5S. The van der Waals surface area contributed by atoms with Crippen LogP contribution in [0.5, 0.6) is 5.88 Å². The molecule has 0 fully saturated rings. The SMILES string of the molecule is O=C(Nc1ccc(S(=O)(=O)Nc2ncccn2)cc1)c1cc(OCc2ccccc2)no1. The highest BCUT2D eigenvalue weighted by Crippen LogP contribution is 2.18. The van der Waals surface area contributed by atoms with E-state index in [-0.39, 0.29) is 29.1 Å². The van der Waals surface area contributed by atoms with Crippen LogP contribution < -0.4 is 14.8 Å². The number of amides is 1. The van der Waals surface area contributed by atoms with Gasteiger partial charge in [-0.25, -0.2) is 23.1 Å². The van der Waals surface area contributed by atoms with Gasteiger partial charge in [-0.2, -0.15) is 0 Å². The Balaban J connectivity index is 1.36. The van der Waals surface area contributed by atoms with Crippen molar-refractivity contribution >= 4 is 27.6 Å². The molecule has 0 aliphatic rings. The van der Waals surface area contributed by atoms with Crippen molar-refractivity contribution in [3.8, 4) is 5.88 Å². The van der Waals surface area contributed by atoms with Crippen LogP contribution in [0.25, 0.3) is 0 Å². The molecule has 2 aromatic heterocycles. The van der Waals surface area contributed by atoms with Crippen LogP contribution in [0.3, 0.4) is 0 Å². The van der Waals surface area contributed by atoms with Gasteiger partial charge in [-0.15, -0.1) is 0 Å². The van der Waals surface area contributed by atoms with E-state index in [0.717, 1.165) is 5.56 Å². The number of aromatic nitrogens is 3. The molecule has 0 spiro atoms. The summed E-state index contributed by atoms with van der Waals surface area (Å²) < 4.78 is 37.6. The van der Waals surface area contributed by atoms with Crippen LogP contribution in [-0.2, 0) is 16.6 Å². The van der Waals surface area contributed by atoms with Crippen molar-refractivity contribution in [3.05, 3.63) is 90.4 Å². The Labute approximate surface area is 183 Å². The minimum atomic E-state index is -3.87. The first-order chi connectivity index (χ1) is 15.5. The van der Waals surface area contributed by atoms with Gasteiger partial charge in [0.05, 0.1) is 11.0 Å². The second-order valence-corrected chi connectivity index (χ2v) is 8.14. The Kier molecular flexibility index (Phi) is 6.08. The highest BCUT2D eigenvalue weighted by molar-refractivity contribution is 7.92. The third kappa shape index (κ3) is 5.26. The maximum absolute atomic E-state index is 12.4. The van der Waals surface area contributed by atoms with Crippen LogP contribution in [0.4, 0.5) is 11.6 Å². The van der Waals surface area contributed by atoms with Gasteiger partial charge in [0.25, 0.3) is 21.8 Å². The molecule has 0 bridgehead atoms. The molecule has 0 aliphatic heterocycles. The molecule has 0 unspecified atom stereocenters. The number of benzene rings is 2. The van der Waals surface area contributed by atoms with Gasteiger partial charge in [0, 0.05) is 18.1 Å². The molecule has 11 heteroatoms. The van der Waals surface area contributed by atoms with Crippen LogP contribution in [0.1, 0.15) is 16.1 Å². The standard InChI is InChI=1S/C21H17N5O5S/c27-20(18-13-19(25-31-18)30-14-15-5-2-1-3-6-15)24-16-7-9-17(10-8-16)32(28,29)26-21-22-11-4-12-23-21/h1-13H,14H2,(H,24,27)(H,22,23,26). The topological polar surface area (TPSA) is 136 Å². The summed E-state index contributed by atoms with van der Waals surface area (Å²) in [6.07, 6.45) is 2.84. The molecule has 2 heterocycles. The molecule has 0 saturated carbocycles. The summed E-state index contributed by atoms with van der Waals surface area (Å²) in [7, 11) is -3.87. The molecule has 2 N–H and O–H groups in total. The van der Waals surface area contributed by atoms with E-state index in [2.05, 4.69) is 25.2 Å². The zero-order valence-electron chi connectivity index (χ0n) is 16.5. The summed E-state index contributed by atoms with van der Waals surface area (Å²) in [4.78, 5) is 20.0. The number of carbonyl (C=O) groups excluding carboxylic acids is 1. The second-order valence-electron chi connectivity index (χ2n) is 6.46. The van der Waals surface area contributed by atoms with Crippen molar-refractivity contribution in [2.45, 2.75) is 11.5 Å². The zero-order valence-corrected chi connectivity index (χ0v) is 17.3. The van der Waals surface area contributed by atoms with Gasteiger partial charge in [0.15, 0.2) is 0 Å². The maximum Gasteiger partial charge on any atom is 0.294 e. The lowest BCUT2D eigenvalue weighted by Gasteiger charge is -2.07. The molecular weight excluding hydrogens is 434 g/mol. The molecule has 0 aliphatic carbocycles. The van der Waals surface area contributed by atoms with Gasteiger partial charge in [-0.3, -0.25) is 4.79 Å².